The number of carbonyl (C=O) groups excluding carboxylic acids is 3. The predicted octanol–water partition coefficient (Wildman–Crippen LogP) is -1.33. The van der Waals surface area contributed by atoms with Crippen molar-refractivity contribution < 1.29 is 24.3 Å². The number of nitrogens with one attached hydrogen (secondary N) is 2. The molecule has 0 radical (unpaired) electrons. The van der Waals surface area contributed by atoms with Crippen LogP contribution < -0.4 is 16.4 Å². The van der Waals surface area contributed by atoms with Gasteiger partial charge in [0.25, 0.3) is 0 Å². The van der Waals surface area contributed by atoms with Gasteiger partial charge in [-0.05, 0) is 31.3 Å². The van der Waals surface area contributed by atoms with Gasteiger partial charge in [0.15, 0.2) is 0 Å². The number of aliphatic carboxylic acids is 1. The van der Waals surface area contributed by atoms with Crippen molar-refractivity contribution in [2.75, 3.05) is 30.9 Å². The Morgan fingerprint density at radius 3 is 2.65 bits per heavy atom. The van der Waals surface area contributed by atoms with Crippen LogP contribution in [0.25, 0.3) is 0 Å². The molecule has 11 heteroatoms. The standard InChI is InChI=1S/C15H26N4O5S2/c1-26-6-4-9(16)15(24)19-5-2-3-11(19)14(23)18-10(8-25)13(22)17-7-12(20)21/h9-11,25H,2-8,16H2,1H3,(H,17,22)(H,18,23)(H,20,21). The minimum absolute atomic E-state index is 0.00506. The maximum absolute atomic E-state index is 12.5. The molecule has 0 bridgehead atoms. The van der Waals surface area contributed by atoms with Crippen molar-refractivity contribution in [1.29, 1.82) is 0 Å². The summed E-state index contributed by atoms with van der Waals surface area (Å²) in [5.41, 5.74) is 5.92. The molecule has 0 aliphatic carbocycles. The Morgan fingerprint density at radius 1 is 1.38 bits per heavy atom. The summed E-state index contributed by atoms with van der Waals surface area (Å²) in [7, 11) is 0. The quantitative estimate of drug-likeness (QED) is 0.283. The van der Waals surface area contributed by atoms with Crippen LogP contribution >= 0.6 is 24.4 Å². The van der Waals surface area contributed by atoms with Gasteiger partial charge >= 0.3 is 5.97 Å². The number of hydrogen-bond donors (Lipinski definition) is 5. The topological polar surface area (TPSA) is 142 Å². The molecule has 0 saturated carbocycles. The van der Waals surface area contributed by atoms with Gasteiger partial charge in [0.1, 0.15) is 18.6 Å². The molecule has 3 unspecified atom stereocenters. The number of hydrogen-bond acceptors (Lipinski definition) is 7. The summed E-state index contributed by atoms with van der Waals surface area (Å²) < 4.78 is 0. The van der Waals surface area contributed by atoms with E-state index in [2.05, 4.69) is 23.3 Å². The first-order valence-electron chi connectivity index (χ1n) is 8.27. The monoisotopic (exact) mass is 406 g/mol. The lowest BCUT2D eigenvalue weighted by molar-refractivity contribution is -0.140. The maximum atomic E-state index is 12.5. The second-order valence-electron chi connectivity index (χ2n) is 5.93. The number of carboxylic acids is 1. The van der Waals surface area contributed by atoms with E-state index in [-0.39, 0.29) is 11.7 Å². The number of thioether (sulfide) groups is 1. The zero-order valence-corrected chi connectivity index (χ0v) is 16.4. The highest BCUT2D eigenvalue weighted by molar-refractivity contribution is 7.98. The summed E-state index contributed by atoms with van der Waals surface area (Å²) in [6, 6.07) is -2.32. The van der Waals surface area contributed by atoms with Crippen LogP contribution in [0.15, 0.2) is 0 Å². The van der Waals surface area contributed by atoms with E-state index in [1.165, 1.54) is 4.90 Å². The van der Waals surface area contributed by atoms with E-state index in [1.54, 1.807) is 11.8 Å². The lowest BCUT2D eigenvalue weighted by Crippen LogP contribution is -2.56. The third-order valence-electron chi connectivity index (χ3n) is 4.02. The van der Waals surface area contributed by atoms with Gasteiger partial charge in [0.05, 0.1) is 6.04 Å². The normalized spacial score (nSPS) is 18.9. The zero-order valence-electron chi connectivity index (χ0n) is 14.6. The Morgan fingerprint density at radius 2 is 2.08 bits per heavy atom. The number of thiol groups is 1. The summed E-state index contributed by atoms with van der Waals surface area (Å²) in [5.74, 6) is -1.79. The fourth-order valence-electron chi connectivity index (χ4n) is 2.63. The fourth-order valence-corrected chi connectivity index (χ4v) is 3.38. The van der Waals surface area contributed by atoms with E-state index >= 15 is 0 Å². The molecule has 26 heavy (non-hydrogen) atoms. The van der Waals surface area contributed by atoms with Crippen LogP contribution in [0.2, 0.25) is 0 Å². The number of nitrogens with zero attached hydrogens (tertiary/aromatic N) is 1. The molecule has 0 spiro atoms. The molecule has 1 fully saturated rings. The molecule has 1 rings (SSSR count). The number of nitrogens with two attached hydrogens (primary N) is 1. The maximum Gasteiger partial charge on any atom is 0.322 e. The van der Waals surface area contributed by atoms with Crippen molar-refractivity contribution in [1.82, 2.24) is 15.5 Å². The molecule has 0 aromatic heterocycles. The Kier molecular flexibility index (Phi) is 9.81. The Labute approximate surface area is 162 Å². The predicted molar refractivity (Wildman–Crippen MR) is 102 cm³/mol. The lowest BCUT2D eigenvalue weighted by Gasteiger charge is -2.28. The van der Waals surface area contributed by atoms with E-state index in [4.69, 9.17) is 10.8 Å². The van der Waals surface area contributed by atoms with Crippen LogP contribution in [0.5, 0.6) is 0 Å². The van der Waals surface area contributed by atoms with Crippen molar-refractivity contribution >= 4 is 48.1 Å². The second kappa shape index (κ2) is 11.3. The summed E-state index contributed by atoms with van der Waals surface area (Å²) in [6.45, 7) is -0.0993. The van der Waals surface area contributed by atoms with E-state index in [0.29, 0.717) is 25.8 Å². The lowest BCUT2D eigenvalue weighted by atomic mass is 10.1. The van der Waals surface area contributed by atoms with E-state index in [1.807, 2.05) is 6.26 Å². The molecular weight excluding hydrogens is 380 g/mol. The van der Waals surface area contributed by atoms with E-state index in [9.17, 15) is 19.2 Å². The van der Waals surface area contributed by atoms with Crippen molar-refractivity contribution in [3.63, 3.8) is 0 Å². The third-order valence-corrected chi connectivity index (χ3v) is 5.03. The first kappa shape index (κ1) is 22.6. The molecule has 0 aromatic rings. The average Bonchev–Trinajstić information content (AvgIpc) is 3.10. The molecule has 1 heterocycles. The number of carboxylic acid groups (broad SMARTS) is 1. The van der Waals surface area contributed by atoms with Crippen molar-refractivity contribution in [3.8, 4) is 0 Å². The van der Waals surface area contributed by atoms with Crippen molar-refractivity contribution in [3.05, 3.63) is 0 Å². The number of likely N-dealkylation sites (tertiary alicyclic amines) is 1. The number of rotatable bonds is 10. The fraction of sp³-hybridized carbons (Fsp3) is 0.733. The van der Waals surface area contributed by atoms with E-state index < -0.39 is 42.5 Å². The van der Waals surface area contributed by atoms with Gasteiger partial charge in [-0.15, -0.1) is 0 Å². The van der Waals surface area contributed by atoms with Crippen LogP contribution in [0.1, 0.15) is 19.3 Å². The smallest absolute Gasteiger partial charge is 0.322 e. The van der Waals surface area contributed by atoms with Gasteiger partial charge < -0.3 is 26.4 Å². The number of amides is 3. The molecule has 1 saturated heterocycles. The molecule has 1 aliphatic heterocycles. The first-order valence-corrected chi connectivity index (χ1v) is 10.3. The molecular formula is C15H26N4O5S2. The number of carbonyl (C=O) groups is 4. The second-order valence-corrected chi connectivity index (χ2v) is 7.28. The SMILES string of the molecule is CSCCC(N)C(=O)N1CCCC1C(=O)NC(CS)C(=O)NCC(=O)O. The minimum Gasteiger partial charge on any atom is -0.480 e. The van der Waals surface area contributed by atoms with Crippen LogP contribution in [-0.4, -0.2) is 82.7 Å². The van der Waals surface area contributed by atoms with Gasteiger partial charge in [-0.3, -0.25) is 19.2 Å². The van der Waals surface area contributed by atoms with Crippen LogP contribution in [0.4, 0.5) is 0 Å². The van der Waals surface area contributed by atoms with Gasteiger partial charge in [0, 0.05) is 12.3 Å². The molecule has 3 amide bonds. The van der Waals surface area contributed by atoms with Crippen LogP contribution in [0, 0.1) is 0 Å². The average molecular weight is 407 g/mol. The van der Waals surface area contributed by atoms with Gasteiger partial charge in [0.2, 0.25) is 17.7 Å². The van der Waals surface area contributed by atoms with Crippen LogP contribution in [0.3, 0.4) is 0 Å². The van der Waals surface area contributed by atoms with Crippen LogP contribution in [-0.2, 0) is 19.2 Å². The highest BCUT2D eigenvalue weighted by atomic mass is 32.2. The summed E-state index contributed by atoms with van der Waals surface area (Å²) in [4.78, 5) is 48.9. The van der Waals surface area contributed by atoms with Crippen molar-refractivity contribution in [2.45, 2.75) is 37.4 Å². The summed E-state index contributed by atoms with van der Waals surface area (Å²) in [6.07, 6.45) is 3.62. The van der Waals surface area contributed by atoms with E-state index in [0.717, 1.165) is 5.75 Å². The molecule has 9 nitrogen and oxygen atoms in total. The molecule has 0 aromatic carbocycles. The van der Waals surface area contributed by atoms with Gasteiger partial charge in [-0.1, -0.05) is 0 Å². The molecule has 5 N–H and O–H groups in total. The largest absolute Gasteiger partial charge is 0.480 e. The Bertz CT molecular complexity index is 534. The van der Waals surface area contributed by atoms with Gasteiger partial charge in [-0.2, -0.15) is 24.4 Å². The van der Waals surface area contributed by atoms with Crippen molar-refractivity contribution in [2.24, 2.45) is 5.73 Å². The highest BCUT2D eigenvalue weighted by Crippen LogP contribution is 2.19. The Hall–Kier alpha value is -1.46. The zero-order chi connectivity index (χ0) is 19.7. The first-order chi connectivity index (χ1) is 12.3. The van der Waals surface area contributed by atoms with Gasteiger partial charge in [-0.25, -0.2) is 0 Å². The molecule has 1 aliphatic rings. The highest BCUT2D eigenvalue weighted by Gasteiger charge is 2.37. The minimum atomic E-state index is -1.19. The summed E-state index contributed by atoms with van der Waals surface area (Å²) in [5, 5.41) is 13.3. The molecule has 3 atom stereocenters. The third kappa shape index (κ3) is 6.69. The Balaban J connectivity index is 2.67. The molecule has 148 valence electrons. The summed E-state index contributed by atoms with van der Waals surface area (Å²) >= 11 is 5.62.